The predicted molar refractivity (Wildman–Crippen MR) is 77.7 cm³/mol. The van der Waals surface area contributed by atoms with Crippen LogP contribution in [0.5, 0.6) is 5.75 Å². The van der Waals surface area contributed by atoms with E-state index in [1.54, 1.807) is 0 Å². The Bertz CT molecular complexity index is 731. The van der Waals surface area contributed by atoms with Crippen LogP contribution in [0.4, 0.5) is 18.9 Å². The van der Waals surface area contributed by atoms with E-state index >= 15 is 0 Å². The number of nitrogens with one attached hydrogen (secondary N) is 1. The molecule has 10 heteroatoms. The van der Waals surface area contributed by atoms with E-state index in [9.17, 15) is 28.1 Å². The highest BCUT2D eigenvalue weighted by atomic mass is 19.4. The Morgan fingerprint density at radius 1 is 1.28 bits per heavy atom. The first kappa shape index (κ1) is 17.6. The summed E-state index contributed by atoms with van der Waals surface area (Å²) in [5.74, 6) is -1.34. The lowest BCUT2D eigenvalue weighted by molar-refractivity contribution is -0.993. The van der Waals surface area contributed by atoms with Crippen LogP contribution in [0, 0.1) is 17.0 Å². The van der Waals surface area contributed by atoms with E-state index in [0.29, 0.717) is 0 Å². The van der Waals surface area contributed by atoms with Gasteiger partial charge in [-0.3, -0.25) is 19.8 Å². The molecule has 2 aliphatic heterocycles. The largest absolute Gasteiger partial charge is 0.486 e. The quantitative estimate of drug-likeness (QED) is 0.629. The van der Waals surface area contributed by atoms with Gasteiger partial charge in [-0.05, 0) is 19.1 Å². The zero-order chi connectivity index (χ0) is 18.4. The molecular formula is C15H16F3N2O5+. The van der Waals surface area contributed by atoms with Gasteiger partial charge in [0.05, 0.1) is 18.1 Å². The first-order valence-electron chi connectivity index (χ1n) is 7.67. The van der Waals surface area contributed by atoms with Crippen LogP contribution in [0.2, 0.25) is 0 Å². The molecule has 0 unspecified atom stereocenters. The molecule has 1 saturated heterocycles. The molecule has 0 radical (unpaired) electrons. The molecule has 2 aliphatic rings. The highest BCUT2D eigenvalue weighted by Gasteiger charge is 2.68. The van der Waals surface area contributed by atoms with Crippen molar-refractivity contribution in [3.63, 3.8) is 0 Å². The van der Waals surface area contributed by atoms with Crippen molar-refractivity contribution in [2.24, 2.45) is 0 Å². The smallest absolute Gasteiger partial charge is 0.431 e. The standard InChI is InChI=1S/C15H15F3N2O5/c1-9-2-3-11-12(13(9)20(22)23)10(21)8-14(25-11,15(16,17)18)19-4-6-24-7-5-19/h2-3H,4-8H2,1H3/p+1/t14-/m1/s1. The van der Waals surface area contributed by atoms with Gasteiger partial charge in [-0.25, -0.2) is 0 Å². The Morgan fingerprint density at radius 2 is 1.92 bits per heavy atom. The zero-order valence-electron chi connectivity index (χ0n) is 13.3. The molecule has 0 aromatic heterocycles. The molecule has 0 bridgehead atoms. The van der Waals surface area contributed by atoms with Gasteiger partial charge in [-0.2, -0.15) is 13.2 Å². The number of carbonyl (C=O) groups is 1. The Morgan fingerprint density at radius 3 is 2.48 bits per heavy atom. The highest BCUT2D eigenvalue weighted by Crippen LogP contribution is 2.43. The molecule has 0 amide bonds. The fourth-order valence-electron chi connectivity index (χ4n) is 3.38. The summed E-state index contributed by atoms with van der Waals surface area (Å²) in [6, 6.07) is 2.47. The molecule has 2 heterocycles. The first-order chi connectivity index (χ1) is 11.7. The lowest BCUT2D eigenvalue weighted by Gasteiger charge is -2.44. The van der Waals surface area contributed by atoms with Gasteiger partial charge in [0.25, 0.3) is 5.69 Å². The number of hydrogen-bond donors (Lipinski definition) is 1. The Kier molecular flexibility index (Phi) is 4.20. The average Bonchev–Trinajstić information content (AvgIpc) is 2.54. The number of Topliss-reactive ketones (excluding diaryl/α,β-unsaturated/α-hetero) is 1. The summed E-state index contributed by atoms with van der Waals surface area (Å²) in [7, 11) is 0. The fourth-order valence-corrected chi connectivity index (χ4v) is 3.38. The number of morpholine rings is 1. The minimum Gasteiger partial charge on any atom is -0.431 e. The molecule has 1 atom stereocenters. The van der Waals surface area contributed by atoms with Crippen molar-refractivity contribution < 1.29 is 37.3 Å². The minimum atomic E-state index is -4.83. The molecular weight excluding hydrogens is 345 g/mol. The van der Waals surface area contributed by atoms with Gasteiger partial charge < -0.3 is 9.47 Å². The number of quaternary nitrogens is 1. The van der Waals surface area contributed by atoms with E-state index in [0.717, 1.165) is 0 Å². The second-order valence-corrected chi connectivity index (χ2v) is 6.10. The van der Waals surface area contributed by atoms with Crippen LogP contribution >= 0.6 is 0 Å². The average molecular weight is 361 g/mol. The first-order valence-corrected chi connectivity index (χ1v) is 7.67. The third-order valence-electron chi connectivity index (χ3n) is 4.62. The second kappa shape index (κ2) is 5.95. The normalized spacial score (nSPS) is 24.6. The van der Waals surface area contributed by atoms with E-state index in [-0.39, 0.29) is 36.8 Å². The Balaban J connectivity index is 2.13. The van der Waals surface area contributed by atoms with Gasteiger partial charge >= 0.3 is 11.9 Å². The van der Waals surface area contributed by atoms with Crippen molar-refractivity contribution in [3.05, 3.63) is 33.4 Å². The SMILES string of the molecule is Cc1ccc2c(c1[N+](=O)[O-])C(=O)C[C@]([NH+]1CCOCC1)(C(F)(F)F)O2. The van der Waals surface area contributed by atoms with Crippen LogP contribution in [-0.4, -0.2) is 48.9 Å². The molecule has 25 heavy (non-hydrogen) atoms. The number of ketones is 1. The van der Waals surface area contributed by atoms with Gasteiger partial charge in [0.1, 0.15) is 30.8 Å². The summed E-state index contributed by atoms with van der Waals surface area (Å²) in [5.41, 5.74) is -3.46. The molecule has 136 valence electrons. The number of nitro groups is 1. The van der Waals surface area contributed by atoms with Gasteiger partial charge in [0.2, 0.25) is 0 Å². The van der Waals surface area contributed by atoms with E-state index in [1.807, 2.05) is 0 Å². The number of rotatable bonds is 2. The maximum Gasteiger partial charge on any atom is 0.486 e. The summed E-state index contributed by atoms with van der Waals surface area (Å²) in [4.78, 5) is 23.1. The molecule has 0 spiro atoms. The van der Waals surface area contributed by atoms with E-state index in [2.05, 4.69) is 0 Å². The van der Waals surface area contributed by atoms with Crippen molar-refractivity contribution in [3.8, 4) is 5.75 Å². The van der Waals surface area contributed by atoms with Crippen molar-refractivity contribution in [1.29, 1.82) is 0 Å². The van der Waals surface area contributed by atoms with E-state index in [4.69, 9.17) is 9.47 Å². The van der Waals surface area contributed by atoms with E-state index < -0.39 is 46.0 Å². The number of benzene rings is 1. The molecule has 3 rings (SSSR count). The molecule has 1 fully saturated rings. The molecule has 0 aliphatic carbocycles. The minimum absolute atomic E-state index is 0.0239. The van der Waals surface area contributed by atoms with Crippen LogP contribution in [0.25, 0.3) is 0 Å². The topological polar surface area (TPSA) is 83.1 Å². The molecule has 1 N–H and O–H groups in total. The van der Waals surface area contributed by atoms with E-state index in [1.165, 1.54) is 19.1 Å². The summed E-state index contributed by atoms with van der Waals surface area (Å²) in [6.07, 6.45) is -5.82. The number of alkyl halides is 3. The number of aryl methyl sites for hydroxylation is 1. The lowest BCUT2D eigenvalue weighted by Crippen LogP contribution is -3.25. The molecule has 7 nitrogen and oxygen atoms in total. The number of carbonyl (C=O) groups excluding carboxylic acids is 1. The second-order valence-electron chi connectivity index (χ2n) is 6.10. The summed E-state index contributed by atoms with van der Waals surface area (Å²) >= 11 is 0. The maximum atomic E-state index is 13.9. The van der Waals surface area contributed by atoms with Gasteiger partial charge in [0, 0.05) is 5.56 Å². The maximum absolute atomic E-state index is 13.9. The van der Waals surface area contributed by atoms with Crippen LogP contribution in [0.3, 0.4) is 0 Å². The third kappa shape index (κ3) is 2.74. The predicted octanol–water partition coefficient (Wildman–Crippen LogP) is 1.04. The summed E-state index contributed by atoms with van der Waals surface area (Å²) < 4.78 is 52.1. The van der Waals surface area contributed by atoms with Gasteiger partial charge in [0.15, 0.2) is 5.78 Å². The Labute approximate surface area is 140 Å². The van der Waals surface area contributed by atoms with Gasteiger partial charge in [-0.1, -0.05) is 0 Å². The van der Waals surface area contributed by atoms with Gasteiger partial charge in [-0.15, -0.1) is 0 Å². The van der Waals surface area contributed by atoms with Crippen LogP contribution in [0.15, 0.2) is 12.1 Å². The number of ether oxygens (including phenoxy) is 2. The third-order valence-corrected chi connectivity index (χ3v) is 4.62. The summed E-state index contributed by atoms with van der Waals surface area (Å²) in [5, 5.41) is 11.3. The molecule has 0 saturated carbocycles. The summed E-state index contributed by atoms with van der Waals surface area (Å²) in [6.45, 7) is 1.70. The fraction of sp³-hybridized carbons (Fsp3) is 0.533. The van der Waals surface area contributed by atoms with Crippen LogP contribution in [0.1, 0.15) is 22.3 Å². The highest BCUT2D eigenvalue weighted by molar-refractivity contribution is 6.04. The number of halogens is 3. The number of nitrogens with zero attached hydrogens (tertiary/aromatic N) is 1. The van der Waals surface area contributed by atoms with Crippen LogP contribution in [-0.2, 0) is 4.74 Å². The van der Waals surface area contributed by atoms with Crippen molar-refractivity contribution in [1.82, 2.24) is 0 Å². The molecule has 1 aromatic rings. The number of nitro benzene ring substituents is 1. The van der Waals surface area contributed by atoms with Crippen molar-refractivity contribution in [2.45, 2.75) is 25.2 Å². The van der Waals surface area contributed by atoms with Crippen LogP contribution < -0.4 is 9.64 Å². The Hall–Kier alpha value is -2.20. The lowest BCUT2D eigenvalue weighted by atomic mass is 9.91. The number of fused-ring (bicyclic) bond motifs is 1. The zero-order valence-corrected chi connectivity index (χ0v) is 13.3. The monoisotopic (exact) mass is 361 g/mol. The number of hydrogen-bond acceptors (Lipinski definition) is 5. The van der Waals surface area contributed by atoms with Crippen molar-refractivity contribution >= 4 is 11.5 Å². The molecule has 1 aromatic carbocycles. The van der Waals surface area contributed by atoms with Crippen molar-refractivity contribution in [2.75, 3.05) is 26.3 Å².